The summed E-state index contributed by atoms with van der Waals surface area (Å²) in [5.74, 6) is 1.11. The first-order valence-electron chi connectivity index (χ1n) is 35.6. The van der Waals surface area contributed by atoms with Gasteiger partial charge in [-0.3, -0.25) is 19.2 Å². The predicted octanol–water partition coefficient (Wildman–Crippen LogP) is 14.6. The molecule has 594 valence electrons. The molecule has 1 saturated carbocycles. The van der Waals surface area contributed by atoms with E-state index in [4.69, 9.17) is 46.4 Å². The van der Waals surface area contributed by atoms with Crippen LogP contribution in [0, 0.1) is 11.7 Å². The van der Waals surface area contributed by atoms with E-state index in [1.54, 1.807) is 112 Å². The van der Waals surface area contributed by atoms with Crippen molar-refractivity contribution in [3.63, 3.8) is 0 Å². The Morgan fingerprint density at radius 2 is 0.912 bits per heavy atom. The van der Waals surface area contributed by atoms with Crippen molar-refractivity contribution in [2.24, 2.45) is 5.92 Å². The molecule has 12 aromatic heterocycles. The van der Waals surface area contributed by atoms with Crippen molar-refractivity contribution in [3.8, 4) is 45.6 Å². The SMILES string of the molecule is CC(C)(Nc1ccnc(-c2c[nH]c3ncc(Cl)cc23)n1)C(=O)NCCC(F)(F)F.CC(C)[C@@H](Nc1ccnc(-c2c[nH]c3ncc(Cl)cc23)n1)C(=O)NCCC(F)(F)F.CCCNC(=O)C(C)(C)Nc1ccnc(-c2c[nH]c3ncc(Cl)cc23)n1.O=C(NC1CC1)[C@H]1CCCN1c1nc(-c2c[nH]c3ncc(Cl)cc23)ncc1F. The lowest BCUT2D eigenvalue weighted by atomic mass is 10.0. The maximum absolute atomic E-state index is 14.6. The lowest BCUT2D eigenvalue weighted by Gasteiger charge is -2.26. The van der Waals surface area contributed by atoms with Gasteiger partial charge in [0.05, 0.1) is 39.1 Å². The lowest BCUT2D eigenvalue weighted by molar-refractivity contribution is -0.137. The third kappa shape index (κ3) is 21.7. The number of hydrogen-bond acceptors (Lipinski definition) is 20. The standard InChI is InChI=1S/C19H20ClF3N6O.C19H18ClFN6O.C18H18ClF3N6O.C18H21ClN6O/c1-10(2)15(18(30)25-6-4-19(21,22)23)28-14-3-5-24-17(29-14)13-9-27-16-12(13)7-11(20)8-26-16;20-10-6-12-13(8-23-16(12)22-7-10)17-24-9-14(21)18(26-17)27-5-1-2-15(27)19(28)25-11-3-4-11;1-17(2,16(29)24-6-4-18(20,21)22)28-13-3-5-23-15(27-13)12-9-26-14-11(12)7-10(19)8-25-14;1-4-6-21-17(26)18(2,3)25-14-5-7-20-16(24-14)13-10-23-15-12(13)8-11(19)9-22-15/h3,5,7-10,15H,4,6H2,1-2H3,(H,25,30)(H,26,27)(H,24,28,29);6-9,11,15H,1-5H2,(H,22,23)(H,25,28);3,5,7-9H,4,6H2,1-2H3,(H,24,29)(H,25,26)(H,23,27,28);5,7-10H,4,6H2,1-3H3,(H,21,26)(H,22,23)(H,20,24,25)/t2*15-;;/m11../s1. The van der Waals surface area contributed by atoms with E-state index in [0.29, 0.717) is 120 Å². The van der Waals surface area contributed by atoms with E-state index in [1.807, 2.05) is 26.8 Å². The highest BCUT2D eigenvalue weighted by Gasteiger charge is 2.38. The number of H-pyrrole nitrogens is 4. The second-order valence-corrected chi connectivity index (χ2v) is 29.4. The third-order valence-electron chi connectivity index (χ3n) is 17.6. The highest BCUT2D eigenvalue weighted by molar-refractivity contribution is 6.32. The molecule has 0 bridgehead atoms. The van der Waals surface area contributed by atoms with Gasteiger partial charge in [-0.2, -0.15) is 26.3 Å². The molecule has 2 atom stereocenters. The molecule has 2 fully saturated rings. The smallest absolute Gasteiger partial charge is 0.358 e. The van der Waals surface area contributed by atoms with E-state index in [0.717, 1.165) is 59.0 Å². The van der Waals surface area contributed by atoms with Crippen LogP contribution in [-0.2, 0) is 19.2 Å². The Bertz CT molecular complexity index is 5380. The van der Waals surface area contributed by atoms with Crippen LogP contribution < -0.4 is 42.1 Å². The van der Waals surface area contributed by atoms with E-state index < -0.39 is 79.1 Å². The minimum Gasteiger partial charge on any atom is -0.358 e. The number of carbonyl (C=O) groups excluding carboxylic acids is 4. The van der Waals surface area contributed by atoms with Crippen LogP contribution in [0.15, 0.2) is 117 Å². The summed E-state index contributed by atoms with van der Waals surface area (Å²) in [6, 6.07) is 11.0. The van der Waals surface area contributed by atoms with Gasteiger partial charge in [-0.15, -0.1) is 0 Å². The molecule has 13 heterocycles. The molecule has 0 aromatic carbocycles. The first-order valence-corrected chi connectivity index (χ1v) is 37.1. The Hall–Kier alpha value is -11.2. The molecule has 1 aliphatic heterocycles. The highest BCUT2D eigenvalue weighted by atomic mass is 35.5. The normalized spacial score (nSPS) is 14.0. The topological polar surface area (TPSA) is 374 Å². The average molecular weight is 1640 g/mol. The van der Waals surface area contributed by atoms with E-state index in [1.165, 1.54) is 24.8 Å². The summed E-state index contributed by atoms with van der Waals surface area (Å²) in [5, 5.41) is 24.6. The number of halogens is 11. The Morgan fingerprint density at radius 1 is 0.522 bits per heavy atom. The van der Waals surface area contributed by atoms with Crippen LogP contribution in [0.5, 0.6) is 0 Å². The van der Waals surface area contributed by atoms with E-state index in [2.05, 4.69) is 117 Å². The quantitative estimate of drug-likeness (QED) is 0.0265. The number of aromatic amines is 4. The number of fused-ring (bicyclic) bond motifs is 4. The summed E-state index contributed by atoms with van der Waals surface area (Å²) < 4.78 is 88.4. The second-order valence-electron chi connectivity index (χ2n) is 27.7. The number of aromatic nitrogens is 16. The molecule has 28 nitrogen and oxygen atoms in total. The van der Waals surface area contributed by atoms with Gasteiger partial charge in [0.2, 0.25) is 23.6 Å². The number of anilines is 4. The largest absolute Gasteiger partial charge is 0.390 e. The van der Waals surface area contributed by atoms with Crippen LogP contribution in [0.25, 0.3) is 89.7 Å². The molecule has 2 aliphatic rings. The van der Waals surface area contributed by atoms with Crippen molar-refractivity contribution in [2.75, 3.05) is 47.0 Å². The van der Waals surface area contributed by atoms with Gasteiger partial charge >= 0.3 is 12.4 Å². The summed E-state index contributed by atoms with van der Waals surface area (Å²) >= 11 is 24.2. The number of hydrogen-bond donors (Lipinski definition) is 11. The fourth-order valence-electron chi connectivity index (χ4n) is 11.7. The van der Waals surface area contributed by atoms with Gasteiger partial charge in [0.15, 0.2) is 34.9 Å². The summed E-state index contributed by atoms with van der Waals surface area (Å²) in [6.07, 6.45) is 12.5. The highest BCUT2D eigenvalue weighted by Crippen LogP contribution is 2.35. The number of amides is 4. The molecule has 0 unspecified atom stereocenters. The molecular weight excluding hydrogens is 1560 g/mol. The molecule has 14 rings (SSSR count). The van der Waals surface area contributed by atoms with Gasteiger partial charge in [-0.05, 0) is 108 Å². The van der Waals surface area contributed by atoms with E-state index in [9.17, 15) is 49.9 Å². The van der Waals surface area contributed by atoms with Crippen LogP contribution in [0.2, 0.25) is 20.1 Å². The summed E-state index contributed by atoms with van der Waals surface area (Å²) in [4.78, 5) is 115. The van der Waals surface area contributed by atoms with Crippen LogP contribution in [0.1, 0.15) is 93.4 Å². The van der Waals surface area contributed by atoms with Gasteiger partial charge in [-0.1, -0.05) is 67.2 Å². The van der Waals surface area contributed by atoms with Gasteiger partial charge in [0.25, 0.3) is 0 Å². The van der Waals surface area contributed by atoms with Crippen LogP contribution in [-0.4, -0.2) is 171 Å². The first kappa shape index (κ1) is 82.8. The molecule has 0 radical (unpaired) electrons. The maximum Gasteiger partial charge on any atom is 0.390 e. The zero-order chi connectivity index (χ0) is 81.1. The van der Waals surface area contributed by atoms with Crippen molar-refractivity contribution >= 4 is 137 Å². The number of alkyl halides is 6. The van der Waals surface area contributed by atoms with Crippen LogP contribution in [0.4, 0.5) is 54.0 Å². The number of nitrogens with zero attached hydrogens (tertiary/aromatic N) is 13. The molecule has 1 aliphatic carbocycles. The second kappa shape index (κ2) is 35.7. The Labute approximate surface area is 661 Å². The molecule has 4 amide bonds. The fraction of sp³-hybridized carbons (Fsp3) is 0.351. The molecule has 0 spiro atoms. The van der Waals surface area contributed by atoms with E-state index >= 15 is 0 Å². The van der Waals surface area contributed by atoms with Crippen molar-refractivity contribution < 1.29 is 49.9 Å². The zero-order valence-corrected chi connectivity index (χ0v) is 64.7. The Kier molecular flexibility index (Phi) is 26.1. The van der Waals surface area contributed by atoms with Crippen molar-refractivity contribution in [1.29, 1.82) is 0 Å². The number of carbonyl (C=O) groups is 4. The zero-order valence-electron chi connectivity index (χ0n) is 61.7. The number of rotatable bonds is 23. The monoisotopic (exact) mass is 1640 g/mol. The van der Waals surface area contributed by atoms with Crippen molar-refractivity contribution in [1.82, 2.24) is 101 Å². The van der Waals surface area contributed by atoms with Gasteiger partial charge in [0, 0.05) is 144 Å². The third-order valence-corrected chi connectivity index (χ3v) is 18.4. The first-order chi connectivity index (χ1) is 53.7. The van der Waals surface area contributed by atoms with Crippen LogP contribution in [0.3, 0.4) is 0 Å². The average Bonchev–Trinajstić information content (AvgIpc) is 1.66. The lowest BCUT2D eigenvalue weighted by Crippen LogP contribution is -2.48. The van der Waals surface area contributed by atoms with Crippen molar-refractivity contribution in [3.05, 3.63) is 143 Å². The number of nitrogens with one attached hydrogen (secondary N) is 11. The van der Waals surface area contributed by atoms with Crippen molar-refractivity contribution in [2.45, 2.75) is 135 Å². The van der Waals surface area contributed by atoms with Gasteiger partial charge < -0.3 is 62.1 Å². The van der Waals surface area contributed by atoms with Gasteiger partial charge in [-0.25, -0.2) is 64.2 Å². The molecule has 113 heavy (non-hydrogen) atoms. The Morgan fingerprint density at radius 3 is 1.31 bits per heavy atom. The fourth-order valence-corrected chi connectivity index (χ4v) is 12.4. The number of pyridine rings is 4. The summed E-state index contributed by atoms with van der Waals surface area (Å²) in [5.41, 5.74) is 3.45. The maximum atomic E-state index is 14.6. The Balaban J connectivity index is 0.000000149. The minimum atomic E-state index is -4.33. The van der Waals surface area contributed by atoms with Gasteiger partial charge in [0.1, 0.15) is 63.2 Å². The predicted molar refractivity (Wildman–Crippen MR) is 418 cm³/mol. The van der Waals surface area contributed by atoms with Crippen LogP contribution >= 0.6 is 46.4 Å². The molecular formula is C74H77Cl4F7N24O4. The van der Waals surface area contributed by atoms with E-state index in [-0.39, 0.29) is 29.6 Å². The molecule has 11 N–H and O–H groups in total. The molecule has 1 saturated heterocycles. The minimum absolute atomic E-state index is 0.0531. The molecule has 12 aromatic rings. The summed E-state index contributed by atoms with van der Waals surface area (Å²) in [6.45, 7) is 12.6. The summed E-state index contributed by atoms with van der Waals surface area (Å²) in [7, 11) is 0. The molecule has 39 heteroatoms.